The molecule has 0 saturated heterocycles. The average molecular weight is 333 g/mol. The normalized spacial score (nSPS) is 11.1. The lowest BCUT2D eigenvalue weighted by molar-refractivity contribution is -0.132. The minimum absolute atomic E-state index is 0.0300. The van der Waals surface area contributed by atoms with Crippen molar-refractivity contribution in [1.82, 2.24) is 10.2 Å². The SMILES string of the molecule is CCN(Cc1ccc(N(C)C)cc1)C(=O)CCNC(=O)C(C)(C)C. The molecule has 0 radical (unpaired) electrons. The molecule has 0 heterocycles. The van der Waals surface area contributed by atoms with E-state index in [-0.39, 0.29) is 11.8 Å². The van der Waals surface area contributed by atoms with Crippen LogP contribution < -0.4 is 10.2 Å². The number of rotatable bonds is 7. The lowest BCUT2D eigenvalue weighted by Gasteiger charge is -2.22. The summed E-state index contributed by atoms with van der Waals surface area (Å²) in [5.41, 5.74) is 1.81. The number of nitrogens with one attached hydrogen (secondary N) is 1. The quantitative estimate of drug-likeness (QED) is 0.834. The predicted molar refractivity (Wildman–Crippen MR) is 98.9 cm³/mol. The summed E-state index contributed by atoms with van der Waals surface area (Å²) in [6, 6.07) is 8.20. The maximum atomic E-state index is 12.4. The molecular formula is C19H31N3O2. The minimum Gasteiger partial charge on any atom is -0.378 e. The van der Waals surface area contributed by atoms with Crippen LogP contribution >= 0.6 is 0 Å². The molecule has 5 heteroatoms. The lowest BCUT2D eigenvalue weighted by atomic mass is 9.96. The van der Waals surface area contributed by atoms with E-state index in [4.69, 9.17) is 0 Å². The van der Waals surface area contributed by atoms with E-state index in [9.17, 15) is 9.59 Å². The van der Waals surface area contributed by atoms with Crippen LogP contribution in [0.2, 0.25) is 0 Å². The smallest absolute Gasteiger partial charge is 0.225 e. The Hall–Kier alpha value is -2.04. The zero-order chi connectivity index (χ0) is 18.3. The highest BCUT2D eigenvalue weighted by molar-refractivity contribution is 5.82. The summed E-state index contributed by atoms with van der Waals surface area (Å²) in [5, 5.41) is 2.82. The van der Waals surface area contributed by atoms with Crippen molar-refractivity contribution >= 4 is 17.5 Å². The van der Waals surface area contributed by atoms with E-state index in [2.05, 4.69) is 17.4 Å². The van der Waals surface area contributed by atoms with Crippen LogP contribution in [0.15, 0.2) is 24.3 Å². The van der Waals surface area contributed by atoms with Crippen molar-refractivity contribution in [2.45, 2.75) is 40.7 Å². The summed E-state index contributed by atoms with van der Waals surface area (Å²) in [4.78, 5) is 28.0. The molecule has 0 bridgehead atoms. The first-order valence-electron chi connectivity index (χ1n) is 8.47. The van der Waals surface area contributed by atoms with Crippen molar-refractivity contribution in [3.63, 3.8) is 0 Å². The molecule has 0 aliphatic rings. The molecule has 1 rings (SSSR count). The molecule has 2 amide bonds. The van der Waals surface area contributed by atoms with Gasteiger partial charge in [0.1, 0.15) is 0 Å². The van der Waals surface area contributed by atoms with E-state index in [1.165, 1.54) is 0 Å². The maximum Gasteiger partial charge on any atom is 0.225 e. The molecule has 0 aromatic heterocycles. The molecule has 134 valence electrons. The van der Waals surface area contributed by atoms with Crippen LogP contribution in [-0.4, -0.2) is 43.9 Å². The number of hydrogen-bond donors (Lipinski definition) is 1. The Labute approximate surface area is 146 Å². The summed E-state index contributed by atoms with van der Waals surface area (Å²) < 4.78 is 0. The highest BCUT2D eigenvalue weighted by Gasteiger charge is 2.21. The molecule has 1 aromatic rings. The largest absolute Gasteiger partial charge is 0.378 e. The number of hydrogen-bond acceptors (Lipinski definition) is 3. The highest BCUT2D eigenvalue weighted by Crippen LogP contribution is 2.14. The fourth-order valence-corrected chi connectivity index (χ4v) is 2.20. The zero-order valence-electron chi connectivity index (χ0n) is 15.8. The van der Waals surface area contributed by atoms with Gasteiger partial charge in [0.15, 0.2) is 0 Å². The average Bonchev–Trinajstić information content (AvgIpc) is 2.51. The van der Waals surface area contributed by atoms with Gasteiger partial charge in [-0.2, -0.15) is 0 Å². The van der Waals surface area contributed by atoms with Gasteiger partial charge in [-0.25, -0.2) is 0 Å². The standard InChI is InChI=1S/C19H31N3O2/c1-7-22(14-15-8-10-16(11-9-15)21(5)6)17(23)12-13-20-18(24)19(2,3)4/h8-11H,7,12-14H2,1-6H3,(H,20,24). The van der Waals surface area contributed by atoms with Gasteiger partial charge in [-0.3, -0.25) is 9.59 Å². The third-order valence-electron chi connectivity index (χ3n) is 3.87. The molecule has 0 fully saturated rings. The van der Waals surface area contributed by atoms with Gasteiger partial charge in [-0.1, -0.05) is 32.9 Å². The molecule has 1 N–H and O–H groups in total. The van der Waals surface area contributed by atoms with Crippen LogP contribution in [0.25, 0.3) is 0 Å². The van der Waals surface area contributed by atoms with E-state index in [0.717, 1.165) is 11.3 Å². The van der Waals surface area contributed by atoms with Gasteiger partial charge in [0, 0.05) is 51.3 Å². The molecule has 0 aliphatic carbocycles. The van der Waals surface area contributed by atoms with E-state index in [1.807, 2.05) is 63.7 Å². The Balaban J connectivity index is 2.53. The number of nitrogens with zero attached hydrogens (tertiary/aromatic N) is 2. The summed E-state index contributed by atoms with van der Waals surface area (Å²) in [6.07, 6.45) is 0.325. The number of amides is 2. The van der Waals surface area contributed by atoms with E-state index in [0.29, 0.717) is 26.1 Å². The Morgan fingerprint density at radius 2 is 1.67 bits per heavy atom. The first-order valence-corrected chi connectivity index (χ1v) is 8.47. The second-order valence-corrected chi connectivity index (χ2v) is 7.22. The first-order chi connectivity index (χ1) is 11.1. The third-order valence-corrected chi connectivity index (χ3v) is 3.87. The topological polar surface area (TPSA) is 52.6 Å². The lowest BCUT2D eigenvalue weighted by Crippen LogP contribution is -2.38. The number of carbonyl (C=O) groups is 2. The molecule has 0 unspecified atom stereocenters. The molecular weight excluding hydrogens is 302 g/mol. The van der Waals surface area contributed by atoms with Crippen molar-refractivity contribution in [2.24, 2.45) is 5.41 Å². The summed E-state index contributed by atoms with van der Waals surface area (Å²) >= 11 is 0. The van der Waals surface area contributed by atoms with E-state index >= 15 is 0 Å². The highest BCUT2D eigenvalue weighted by atomic mass is 16.2. The van der Waals surface area contributed by atoms with Gasteiger partial charge < -0.3 is 15.1 Å². The number of anilines is 1. The van der Waals surface area contributed by atoms with Crippen molar-refractivity contribution < 1.29 is 9.59 Å². The first kappa shape index (κ1) is 20.0. The Morgan fingerprint density at radius 3 is 2.12 bits per heavy atom. The van der Waals surface area contributed by atoms with Gasteiger partial charge in [-0.05, 0) is 24.6 Å². The van der Waals surface area contributed by atoms with Crippen molar-refractivity contribution in [3.05, 3.63) is 29.8 Å². The van der Waals surface area contributed by atoms with Crippen molar-refractivity contribution in [2.75, 3.05) is 32.1 Å². The van der Waals surface area contributed by atoms with E-state index < -0.39 is 5.41 Å². The summed E-state index contributed by atoms with van der Waals surface area (Å²) in [5.74, 6) is 0.0287. The van der Waals surface area contributed by atoms with E-state index in [1.54, 1.807) is 0 Å². The minimum atomic E-state index is -0.429. The fourth-order valence-electron chi connectivity index (χ4n) is 2.20. The Kier molecular flexibility index (Phi) is 7.26. The number of benzene rings is 1. The van der Waals surface area contributed by atoms with Crippen LogP contribution in [0.1, 0.15) is 39.7 Å². The van der Waals surface area contributed by atoms with Gasteiger partial charge in [0.05, 0.1) is 0 Å². The van der Waals surface area contributed by atoms with Crippen LogP contribution in [0.5, 0.6) is 0 Å². The molecule has 0 spiro atoms. The predicted octanol–water partition coefficient (Wildman–Crippen LogP) is 2.65. The molecule has 5 nitrogen and oxygen atoms in total. The van der Waals surface area contributed by atoms with Crippen LogP contribution in [0.3, 0.4) is 0 Å². The monoisotopic (exact) mass is 333 g/mol. The van der Waals surface area contributed by atoms with Crippen molar-refractivity contribution in [3.8, 4) is 0 Å². The Bertz CT molecular complexity index is 545. The van der Waals surface area contributed by atoms with Crippen molar-refractivity contribution in [1.29, 1.82) is 0 Å². The van der Waals surface area contributed by atoms with Gasteiger partial charge >= 0.3 is 0 Å². The van der Waals surface area contributed by atoms with Crippen LogP contribution in [-0.2, 0) is 16.1 Å². The van der Waals surface area contributed by atoms with Crippen LogP contribution in [0, 0.1) is 5.41 Å². The summed E-state index contributed by atoms with van der Waals surface area (Å²) in [6.45, 7) is 9.18. The second-order valence-electron chi connectivity index (χ2n) is 7.22. The maximum absolute atomic E-state index is 12.4. The molecule has 1 aromatic carbocycles. The zero-order valence-corrected chi connectivity index (χ0v) is 15.8. The second kappa shape index (κ2) is 8.71. The molecule has 0 saturated carbocycles. The molecule has 24 heavy (non-hydrogen) atoms. The van der Waals surface area contributed by atoms with Gasteiger partial charge in [-0.15, -0.1) is 0 Å². The van der Waals surface area contributed by atoms with Crippen LogP contribution in [0.4, 0.5) is 5.69 Å². The van der Waals surface area contributed by atoms with Gasteiger partial charge in [0.25, 0.3) is 0 Å². The number of carbonyl (C=O) groups excluding carboxylic acids is 2. The Morgan fingerprint density at radius 1 is 1.08 bits per heavy atom. The third kappa shape index (κ3) is 6.22. The van der Waals surface area contributed by atoms with Gasteiger partial charge in [0.2, 0.25) is 11.8 Å². The summed E-state index contributed by atoms with van der Waals surface area (Å²) in [7, 11) is 4.01. The molecule has 0 aliphatic heterocycles. The molecule has 0 atom stereocenters. The fraction of sp³-hybridized carbons (Fsp3) is 0.579.